The molecule has 2 aliphatic carbocycles. The molecule has 2 aliphatic rings. The standard InChI is InChI=1S/2C8H12.BF4.Ir/c2*1-2-4-6-8-7-5-3-1;2-1(3,4)5;/h2*1-2,5,7H,3-4,6,8H2;;/q;;-1;/b2*2-1-,7-5?;;. The van der Waals surface area contributed by atoms with E-state index in [-0.39, 0.29) is 20.1 Å². The molecule has 0 bridgehead atoms. The molecule has 6 heteroatoms. The molecule has 2 rings (SSSR count). The van der Waals surface area contributed by atoms with Crippen LogP contribution >= 0.6 is 0 Å². The summed E-state index contributed by atoms with van der Waals surface area (Å²) in [4.78, 5) is 0. The first-order valence-corrected chi connectivity index (χ1v) is 7.47. The van der Waals surface area contributed by atoms with Gasteiger partial charge in [-0.3, -0.25) is 0 Å². The van der Waals surface area contributed by atoms with Crippen molar-refractivity contribution in [1.29, 1.82) is 0 Å². The molecule has 0 spiro atoms. The molecule has 129 valence electrons. The minimum absolute atomic E-state index is 0. The quantitative estimate of drug-likeness (QED) is 0.201. The van der Waals surface area contributed by atoms with Gasteiger partial charge in [0.25, 0.3) is 0 Å². The second-order valence-corrected chi connectivity index (χ2v) is 4.71. The average molecular weight is 495 g/mol. The zero-order valence-corrected chi connectivity index (χ0v) is 15.1. The van der Waals surface area contributed by atoms with Crippen LogP contribution in [-0.4, -0.2) is 7.25 Å². The van der Waals surface area contributed by atoms with Crippen molar-refractivity contribution in [3.8, 4) is 0 Å². The summed E-state index contributed by atoms with van der Waals surface area (Å²) in [6.45, 7) is 0. The number of hydrogen-bond donors (Lipinski definition) is 0. The van der Waals surface area contributed by atoms with Gasteiger partial charge in [0, 0.05) is 20.1 Å². The third-order valence-corrected chi connectivity index (χ3v) is 2.69. The van der Waals surface area contributed by atoms with Crippen LogP contribution in [0.25, 0.3) is 0 Å². The molecule has 0 unspecified atom stereocenters. The molecule has 0 nitrogen and oxygen atoms in total. The van der Waals surface area contributed by atoms with Crippen molar-refractivity contribution in [1.82, 2.24) is 0 Å². The van der Waals surface area contributed by atoms with E-state index in [2.05, 4.69) is 48.6 Å². The monoisotopic (exact) mass is 496 g/mol. The molecular formula is C16H24BF4Ir-. The van der Waals surface area contributed by atoms with Gasteiger partial charge in [-0.05, 0) is 51.4 Å². The van der Waals surface area contributed by atoms with Gasteiger partial charge in [0.2, 0.25) is 0 Å². The number of hydrogen-bond acceptors (Lipinski definition) is 0. The first-order chi connectivity index (χ1) is 10.0. The second kappa shape index (κ2) is 16.8. The summed E-state index contributed by atoms with van der Waals surface area (Å²) in [7, 11) is -6.00. The van der Waals surface area contributed by atoms with Crippen LogP contribution in [0.5, 0.6) is 0 Å². The van der Waals surface area contributed by atoms with Gasteiger partial charge in [0.15, 0.2) is 0 Å². The van der Waals surface area contributed by atoms with Crippen LogP contribution < -0.4 is 0 Å². The van der Waals surface area contributed by atoms with Gasteiger partial charge in [0.1, 0.15) is 0 Å². The molecule has 0 amide bonds. The molecule has 0 aliphatic heterocycles. The number of rotatable bonds is 0. The summed E-state index contributed by atoms with van der Waals surface area (Å²) in [5, 5.41) is 0. The Kier molecular flexibility index (Phi) is 18.0. The summed E-state index contributed by atoms with van der Waals surface area (Å²) in [6.07, 6.45) is 28.0. The Labute approximate surface area is 144 Å². The van der Waals surface area contributed by atoms with Gasteiger partial charge in [-0.15, -0.1) is 0 Å². The SMILES string of the molecule is C1=CCCC/C=C\C1.C1=CCCC/C=C\C1.F[B-](F)(F)F.[Ir]. The number of halogens is 4. The van der Waals surface area contributed by atoms with Gasteiger partial charge < -0.3 is 17.3 Å². The second-order valence-electron chi connectivity index (χ2n) is 4.71. The molecule has 0 aromatic heterocycles. The minimum atomic E-state index is -6.00. The zero-order chi connectivity index (χ0) is 15.8. The van der Waals surface area contributed by atoms with Gasteiger partial charge in [-0.25, -0.2) is 0 Å². The zero-order valence-electron chi connectivity index (χ0n) is 12.7. The summed E-state index contributed by atoms with van der Waals surface area (Å²) in [6, 6.07) is 0. The third-order valence-electron chi connectivity index (χ3n) is 2.69. The van der Waals surface area contributed by atoms with Crippen LogP contribution in [0.2, 0.25) is 0 Å². The van der Waals surface area contributed by atoms with Gasteiger partial charge in [0.05, 0.1) is 0 Å². The van der Waals surface area contributed by atoms with E-state index in [9.17, 15) is 17.3 Å². The maximum absolute atomic E-state index is 9.75. The van der Waals surface area contributed by atoms with Crippen LogP contribution in [0.15, 0.2) is 48.6 Å². The van der Waals surface area contributed by atoms with Crippen molar-refractivity contribution < 1.29 is 37.4 Å². The van der Waals surface area contributed by atoms with Gasteiger partial charge in [-0.1, -0.05) is 48.6 Å². The van der Waals surface area contributed by atoms with E-state index in [1.165, 1.54) is 38.5 Å². The molecule has 0 saturated carbocycles. The first-order valence-electron chi connectivity index (χ1n) is 7.47. The third kappa shape index (κ3) is 27.7. The molecule has 0 heterocycles. The topological polar surface area (TPSA) is 0 Å². The van der Waals surface area contributed by atoms with E-state index in [1.807, 2.05) is 0 Å². The Bertz CT molecular complexity index is 289. The molecule has 1 radical (unpaired) electrons. The van der Waals surface area contributed by atoms with E-state index < -0.39 is 7.25 Å². The molecule has 0 atom stereocenters. The van der Waals surface area contributed by atoms with E-state index in [4.69, 9.17) is 0 Å². The van der Waals surface area contributed by atoms with Crippen molar-refractivity contribution in [2.24, 2.45) is 0 Å². The molecule has 0 aromatic carbocycles. The fraction of sp³-hybridized carbons (Fsp3) is 0.500. The normalized spacial score (nSPS) is 20.2. The first kappa shape index (κ1) is 23.7. The number of allylic oxidation sites excluding steroid dienone is 8. The van der Waals surface area contributed by atoms with Crippen molar-refractivity contribution in [2.75, 3.05) is 0 Å². The fourth-order valence-electron chi connectivity index (χ4n) is 1.72. The van der Waals surface area contributed by atoms with Crippen LogP contribution in [0.1, 0.15) is 51.4 Å². The molecular weight excluding hydrogens is 471 g/mol. The van der Waals surface area contributed by atoms with E-state index in [1.54, 1.807) is 0 Å². The molecule has 0 saturated heterocycles. The van der Waals surface area contributed by atoms with Crippen molar-refractivity contribution in [3.63, 3.8) is 0 Å². The maximum atomic E-state index is 9.75. The Morgan fingerprint density at radius 1 is 0.500 bits per heavy atom. The van der Waals surface area contributed by atoms with Crippen molar-refractivity contribution in [3.05, 3.63) is 48.6 Å². The summed E-state index contributed by atoms with van der Waals surface area (Å²) in [5.74, 6) is 0. The molecule has 0 fully saturated rings. The summed E-state index contributed by atoms with van der Waals surface area (Å²) in [5.41, 5.74) is 0. The smallest absolute Gasteiger partial charge is 0.418 e. The molecule has 0 aromatic rings. The van der Waals surface area contributed by atoms with Crippen LogP contribution in [-0.2, 0) is 20.1 Å². The Balaban J connectivity index is 0. The predicted octanol–water partition coefficient (Wildman–Crippen LogP) is 6.64. The summed E-state index contributed by atoms with van der Waals surface area (Å²) < 4.78 is 39.0. The van der Waals surface area contributed by atoms with Crippen LogP contribution in [0.3, 0.4) is 0 Å². The average Bonchev–Trinajstić information content (AvgIpc) is 2.24. The van der Waals surface area contributed by atoms with Gasteiger partial charge in [-0.2, -0.15) is 0 Å². The molecule has 0 N–H and O–H groups in total. The van der Waals surface area contributed by atoms with Crippen LogP contribution in [0.4, 0.5) is 17.3 Å². The van der Waals surface area contributed by atoms with Crippen molar-refractivity contribution in [2.45, 2.75) is 51.4 Å². The van der Waals surface area contributed by atoms with Gasteiger partial charge >= 0.3 is 7.25 Å². The van der Waals surface area contributed by atoms with Crippen molar-refractivity contribution >= 4 is 7.25 Å². The largest absolute Gasteiger partial charge is 0.673 e. The predicted molar refractivity (Wildman–Crippen MR) is 83.7 cm³/mol. The Hall–Kier alpha value is -0.606. The minimum Gasteiger partial charge on any atom is -0.418 e. The van der Waals surface area contributed by atoms with E-state index in [0.29, 0.717) is 0 Å². The Morgan fingerprint density at radius 2 is 0.727 bits per heavy atom. The maximum Gasteiger partial charge on any atom is 0.673 e. The molecule has 22 heavy (non-hydrogen) atoms. The Morgan fingerprint density at radius 3 is 0.955 bits per heavy atom. The summed E-state index contributed by atoms with van der Waals surface area (Å²) >= 11 is 0. The van der Waals surface area contributed by atoms with E-state index in [0.717, 1.165) is 12.8 Å². The van der Waals surface area contributed by atoms with E-state index >= 15 is 0 Å². The fourth-order valence-corrected chi connectivity index (χ4v) is 1.72. The van der Waals surface area contributed by atoms with Crippen LogP contribution in [0, 0.1) is 0 Å².